The van der Waals surface area contributed by atoms with Crippen molar-refractivity contribution in [1.82, 2.24) is 0 Å². The van der Waals surface area contributed by atoms with Crippen molar-refractivity contribution in [3.63, 3.8) is 0 Å². The SMILES string of the molecule is C=Cc1cc(C(N)=O)ccc1C. The Morgan fingerprint density at radius 2 is 2.25 bits per heavy atom. The Kier molecular flexibility index (Phi) is 2.29. The molecule has 1 rings (SSSR count). The van der Waals surface area contributed by atoms with E-state index in [9.17, 15) is 4.79 Å². The van der Waals surface area contributed by atoms with Crippen molar-refractivity contribution >= 4 is 12.0 Å². The van der Waals surface area contributed by atoms with Crippen LogP contribution in [0.2, 0.25) is 0 Å². The predicted octanol–water partition coefficient (Wildman–Crippen LogP) is 1.74. The molecule has 12 heavy (non-hydrogen) atoms. The molecule has 0 radical (unpaired) electrons. The lowest BCUT2D eigenvalue weighted by Crippen LogP contribution is -2.10. The monoisotopic (exact) mass is 161 g/mol. The lowest BCUT2D eigenvalue weighted by molar-refractivity contribution is 0.100. The van der Waals surface area contributed by atoms with E-state index in [-0.39, 0.29) is 0 Å². The van der Waals surface area contributed by atoms with Gasteiger partial charge in [-0.1, -0.05) is 18.7 Å². The van der Waals surface area contributed by atoms with Gasteiger partial charge in [0.05, 0.1) is 0 Å². The second kappa shape index (κ2) is 3.22. The van der Waals surface area contributed by atoms with Gasteiger partial charge in [-0.05, 0) is 30.2 Å². The van der Waals surface area contributed by atoms with Crippen molar-refractivity contribution in [1.29, 1.82) is 0 Å². The Balaban J connectivity index is 3.22. The third-order valence-corrected chi connectivity index (χ3v) is 1.78. The minimum Gasteiger partial charge on any atom is -0.366 e. The summed E-state index contributed by atoms with van der Waals surface area (Å²) in [5.74, 6) is -0.405. The van der Waals surface area contributed by atoms with E-state index in [1.807, 2.05) is 13.0 Å². The molecule has 2 heteroatoms. The fourth-order valence-electron chi connectivity index (χ4n) is 1.01. The van der Waals surface area contributed by atoms with E-state index < -0.39 is 5.91 Å². The molecule has 1 aromatic carbocycles. The Bertz CT molecular complexity index is 329. The number of primary amides is 1. The van der Waals surface area contributed by atoms with Gasteiger partial charge in [0.25, 0.3) is 0 Å². The molecule has 2 N–H and O–H groups in total. The number of benzene rings is 1. The topological polar surface area (TPSA) is 43.1 Å². The lowest BCUT2D eigenvalue weighted by Gasteiger charge is -2.01. The molecule has 2 nitrogen and oxygen atoms in total. The van der Waals surface area contributed by atoms with Crippen molar-refractivity contribution in [2.45, 2.75) is 6.92 Å². The maximum absolute atomic E-state index is 10.8. The molecule has 0 saturated heterocycles. The molecule has 0 unspecified atom stereocenters. The first-order valence-corrected chi connectivity index (χ1v) is 3.68. The zero-order valence-electron chi connectivity index (χ0n) is 7.00. The number of amides is 1. The smallest absolute Gasteiger partial charge is 0.248 e. The van der Waals surface area contributed by atoms with Crippen LogP contribution in [0.5, 0.6) is 0 Å². The van der Waals surface area contributed by atoms with Gasteiger partial charge in [-0.15, -0.1) is 0 Å². The Hall–Kier alpha value is -1.57. The summed E-state index contributed by atoms with van der Waals surface area (Å²) >= 11 is 0. The first-order valence-electron chi connectivity index (χ1n) is 3.68. The van der Waals surface area contributed by atoms with Gasteiger partial charge in [0.2, 0.25) is 5.91 Å². The zero-order valence-corrected chi connectivity index (χ0v) is 7.00. The van der Waals surface area contributed by atoms with Crippen LogP contribution in [0, 0.1) is 6.92 Å². The van der Waals surface area contributed by atoms with Gasteiger partial charge in [0, 0.05) is 5.56 Å². The number of hydrogen-bond donors (Lipinski definition) is 1. The average molecular weight is 161 g/mol. The Morgan fingerprint density at radius 3 is 2.75 bits per heavy atom. The maximum atomic E-state index is 10.8. The van der Waals surface area contributed by atoms with E-state index in [0.717, 1.165) is 11.1 Å². The zero-order chi connectivity index (χ0) is 9.14. The van der Waals surface area contributed by atoms with Crippen molar-refractivity contribution in [2.75, 3.05) is 0 Å². The summed E-state index contributed by atoms with van der Waals surface area (Å²) in [6.07, 6.45) is 1.71. The van der Waals surface area contributed by atoms with E-state index in [4.69, 9.17) is 5.73 Å². The van der Waals surface area contributed by atoms with Gasteiger partial charge in [-0.2, -0.15) is 0 Å². The van der Waals surface area contributed by atoms with Crippen LogP contribution < -0.4 is 5.73 Å². The summed E-state index contributed by atoms with van der Waals surface area (Å²) in [7, 11) is 0. The second-order valence-electron chi connectivity index (χ2n) is 2.64. The van der Waals surface area contributed by atoms with Crippen LogP contribution in [-0.2, 0) is 0 Å². The van der Waals surface area contributed by atoms with Gasteiger partial charge in [-0.25, -0.2) is 0 Å². The summed E-state index contributed by atoms with van der Waals surface area (Å²) in [5, 5.41) is 0. The average Bonchev–Trinajstić information content (AvgIpc) is 2.05. The molecule has 0 saturated carbocycles. The van der Waals surface area contributed by atoms with E-state index in [2.05, 4.69) is 6.58 Å². The van der Waals surface area contributed by atoms with Crippen molar-refractivity contribution in [3.05, 3.63) is 41.5 Å². The number of aryl methyl sites for hydroxylation is 1. The number of hydrogen-bond acceptors (Lipinski definition) is 1. The van der Waals surface area contributed by atoms with E-state index in [0.29, 0.717) is 5.56 Å². The highest BCUT2D eigenvalue weighted by Gasteiger charge is 2.01. The van der Waals surface area contributed by atoms with E-state index >= 15 is 0 Å². The minimum absolute atomic E-state index is 0.405. The number of carbonyl (C=O) groups is 1. The largest absolute Gasteiger partial charge is 0.366 e. The molecule has 0 bridgehead atoms. The van der Waals surface area contributed by atoms with Crippen LogP contribution in [0.1, 0.15) is 21.5 Å². The highest BCUT2D eigenvalue weighted by Crippen LogP contribution is 2.11. The van der Waals surface area contributed by atoms with Gasteiger partial charge >= 0.3 is 0 Å². The van der Waals surface area contributed by atoms with Crippen LogP contribution in [-0.4, -0.2) is 5.91 Å². The maximum Gasteiger partial charge on any atom is 0.248 e. The normalized spacial score (nSPS) is 9.42. The number of nitrogens with two attached hydrogens (primary N) is 1. The van der Waals surface area contributed by atoms with E-state index in [1.54, 1.807) is 18.2 Å². The van der Waals surface area contributed by atoms with Crippen LogP contribution >= 0.6 is 0 Å². The molecule has 0 heterocycles. The Labute approximate surface area is 71.7 Å². The molecule has 0 fully saturated rings. The molecule has 62 valence electrons. The molecule has 0 spiro atoms. The van der Waals surface area contributed by atoms with Crippen molar-refractivity contribution in [3.8, 4) is 0 Å². The quantitative estimate of drug-likeness (QED) is 0.705. The first-order chi connectivity index (χ1) is 5.65. The summed E-state index contributed by atoms with van der Waals surface area (Å²) in [6, 6.07) is 5.31. The Morgan fingerprint density at radius 1 is 1.58 bits per heavy atom. The molecule has 1 aromatic rings. The molecule has 0 aliphatic heterocycles. The number of rotatable bonds is 2. The van der Waals surface area contributed by atoms with Crippen molar-refractivity contribution in [2.24, 2.45) is 5.73 Å². The van der Waals surface area contributed by atoms with Crippen molar-refractivity contribution < 1.29 is 4.79 Å². The van der Waals surface area contributed by atoms with Crippen LogP contribution in [0.4, 0.5) is 0 Å². The fraction of sp³-hybridized carbons (Fsp3) is 0.100. The second-order valence-corrected chi connectivity index (χ2v) is 2.64. The standard InChI is InChI=1S/C10H11NO/c1-3-8-6-9(10(11)12)5-4-7(8)2/h3-6H,1H2,2H3,(H2,11,12). The van der Waals surface area contributed by atoms with Gasteiger partial charge < -0.3 is 5.73 Å². The molecule has 0 atom stereocenters. The van der Waals surface area contributed by atoms with Crippen LogP contribution in [0.25, 0.3) is 6.08 Å². The van der Waals surface area contributed by atoms with Gasteiger partial charge in [0.1, 0.15) is 0 Å². The number of carbonyl (C=O) groups excluding carboxylic acids is 1. The van der Waals surface area contributed by atoms with Crippen LogP contribution in [0.15, 0.2) is 24.8 Å². The molecular weight excluding hydrogens is 150 g/mol. The molecule has 0 aromatic heterocycles. The third-order valence-electron chi connectivity index (χ3n) is 1.78. The molecule has 1 amide bonds. The first kappa shape index (κ1) is 8.53. The summed E-state index contributed by atoms with van der Waals surface area (Å²) in [5.41, 5.74) is 7.68. The van der Waals surface area contributed by atoms with E-state index in [1.165, 1.54) is 0 Å². The summed E-state index contributed by atoms with van der Waals surface area (Å²) in [4.78, 5) is 10.8. The third kappa shape index (κ3) is 1.53. The molecular formula is C10H11NO. The highest BCUT2D eigenvalue weighted by atomic mass is 16.1. The molecule has 0 aliphatic carbocycles. The van der Waals surface area contributed by atoms with Gasteiger partial charge in [-0.3, -0.25) is 4.79 Å². The molecule has 0 aliphatic rings. The predicted molar refractivity (Wildman–Crippen MR) is 49.8 cm³/mol. The fourth-order valence-corrected chi connectivity index (χ4v) is 1.01. The van der Waals surface area contributed by atoms with Crippen LogP contribution in [0.3, 0.4) is 0 Å². The van der Waals surface area contributed by atoms with Gasteiger partial charge in [0.15, 0.2) is 0 Å². The lowest BCUT2D eigenvalue weighted by atomic mass is 10.1. The summed E-state index contributed by atoms with van der Waals surface area (Å²) in [6.45, 7) is 5.60. The minimum atomic E-state index is -0.405. The summed E-state index contributed by atoms with van der Waals surface area (Å²) < 4.78 is 0. The highest BCUT2D eigenvalue weighted by molar-refractivity contribution is 5.93.